The molecule has 0 spiro atoms. The first kappa shape index (κ1) is 14.7. The van der Waals surface area contributed by atoms with E-state index in [1.165, 1.54) is 12.1 Å². The Bertz CT molecular complexity index is 588. The highest BCUT2D eigenvalue weighted by atomic mass is 35.5. The molecule has 1 atom stereocenters. The quantitative estimate of drug-likeness (QED) is 0.833. The summed E-state index contributed by atoms with van der Waals surface area (Å²) in [5, 5.41) is 3.76. The van der Waals surface area contributed by atoms with Gasteiger partial charge in [-0.05, 0) is 43.7 Å². The Morgan fingerprint density at radius 1 is 1.25 bits per heavy atom. The molecule has 2 nitrogen and oxygen atoms in total. The molecule has 0 saturated carbocycles. The minimum atomic E-state index is -0.333. The van der Waals surface area contributed by atoms with Gasteiger partial charge in [-0.3, -0.25) is 0 Å². The summed E-state index contributed by atoms with van der Waals surface area (Å²) < 4.78 is 18.6. The maximum Gasteiger partial charge on any atom is 0.142 e. The summed E-state index contributed by atoms with van der Waals surface area (Å²) in [6, 6.07) is 12.1. The van der Waals surface area contributed by atoms with Crippen molar-refractivity contribution in [2.75, 3.05) is 11.9 Å². The largest absolute Gasteiger partial charge is 0.492 e. The number of para-hydroxylation sites is 2. The van der Waals surface area contributed by atoms with Gasteiger partial charge in [0.15, 0.2) is 0 Å². The van der Waals surface area contributed by atoms with E-state index in [1.807, 2.05) is 38.1 Å². The first-order valence-corrected chi connectivity index (χ1v) is 6.93. The number of hydrogen-bond donors (Lipinski definition) is 1. The van der Waals surface area contributed by atoms with E-state index < -0.39 is 0 Å². The Labute approximate surface area is 123 Å². The fraction of sp³-hybridized carbons (Fsp3) is 0.250. The van der Waals surface area contributed by atoms with Gasteiger partial charge in [0.05, 0.1) is 18.3 Å². The number of rotatable bonds is 5. The molecule has 2 aromatic carbocycles. The fourth-order valence-electron chi connectivity index (χ4n) is 2.03. The molecule has 4 heteroatoms. The molecule has 0 amide bonds. The fourth-order valence-corrected chi connectivity index (χ4v) is 2.36. The molecule has 0 aliphatic carbocycles. The lowest BCUT2D eigenvalue weighted by Crippen LogP contribution is -2.09. The number of hydrogen-bond acceptors (Lipinski definition) is 2. The van der Waals surface area contributed by atoms with Crippen LogP contribution in [0.25, 0.3) is 0 Å². The van der Waals surface area contributed by atoms with E-state index in [0.717, 1.165) is 17.0 Å². The summed E-state index contributed by atoms with van der Waals surface area (Å²) in [7, 11) is 0. The van der Waals surface area contributed by atoms with Gasteiger partial charge in [0.25, 0.3) is 0 Å². The van der Waals surface area contributed by atoms with E-state index in [4.69, 9.17) is 16.3 Å². The van der Waals surface area contributed by atoms with Crippen molar-refractivity contribution in [3.8, 4) is 5.75 Å². The average Bonchev–Trinajstić information content (AvgIpc) is 2.41. The SMILES string of the molecule is CCOc1ccccc1NC(C)c1ccc(F)cc1Cl. The summed E-state index contributed by atoms with van der Waals surface area (Å²) in [6.07, 6.45) is 0. The van der Waals surface area contributed by atoms with Crippen molar-refractivity contribution < 1.29 is 9.13 Å². The third-order valence-electron chi connectivity index (χ3n) is 2.99. The van der Waals surface area contributed by atoms with Crippen LogP contribution >= 0.6 is 11.6 Å². The van der Waals surface area contributed by atoms with Crippen LogP contribution in [0.15, 0.2) is 42.5 Å². The topological polar surface area (TPSA) is 21.3 Å². The van der Waals surface area contributed by atoms with E-state index in [9.17, 15) is 4.39 Å². The van der Waals surface area contributed by atoms with E-state index in [1.54, 1.807) is 6.07 Å². The molecule has 1 N–H and O–H groups in total. The molecular formula is C16H17ClFNO. The highest BCUT2D eigenvalue weighted by Gasteiger charge is 2.12. The van der Waals surface area contributed by atoms with Crippen molar-refractivity contribution in [3.05, 3.63) is 58.9 Å². The van der Waals surface area contributed by atoms with E-state index in [0.29, 0.717) is 11.6 Å². The third-order valence-corrected chi connectivity index (χ3v) is 3.32. The van der Waals surface area contributed by atoms with Crippen LogP contribution < -0.4 is 10.1 Å². The summed E-state index contributed by atoms with van der Waals surface area (Å²) in [6.45, 7) is 4.52. The summed E-state index contributed by atoms with van der Waals surface area (Å²) in [4.78, 5) is 0. The Kier molecular flexibility index (Phi) is 4.85. The molecule has 0 saturated heterocycles. The average molecular weight is 294 g/mol. The molecule has 0 bridgehead atoms. The molecule has 2 aromatic rings. The molecule has 0 aliphatic rings. The van der Waals surface area contributed by atoms with E-state index in [2.05, 4.69) is 5.32 Å². The number of nitrogens with one attached hydrogen (secondary N) is 1. The van der Waals surface area contributed by atoms with Crippen LogP contribution in [0.1, 0.15) is 25.5 Å². The van der Waals surface area contributed by atoms with Crippen molar-refractivity contribution in [2.24, 2.45) is 0 Å². The normalized spacial score (nSPS) is 12.0. The molecular weight excluding hydrogens is 277 g/mol. The summed E-state index contributed by atoms with van der Waals surface area (Å²) in [5.41, 5.74) is 1.74. The first-order valence-electron chi connectivity index (χ1n) is 6.55. The van der Waals surface area contributed by atoms with Crippen molar-refractivity contribution >= 4 is 17.3 Å². The van der Waals surface area contributed by atoms with Crippen molar-refractivity contribution in [1.29, 1.82) is 0 Å². The van der Waals surface area contributed by atoms with Gasteiger partial charge >= 0.3 is 0 Å². The molecule has 0 fully saturated rings. The van der Waals surface area contributed by atoms with Crippen LogP contribution in [0, 0.1) is 5.82 Å². The first-order chi connectivity index (χ1) is 9.61. The number of benzene rings is 2. The van der Waals surface area contributed by atoms with E-state index in [-0.39, 0.29) is 11.9 Å². The number of anilines is 1. The van der Waals surface area contributed by atoms with Gasteiger partial charge in [-0.25, -0.2) is 4.39 Å². The van der Waals surface area contributed by atoms with Gasteiger partial charge in [-0.2, -0.15) is 0 Å². The van der Waals surface area contributed by atoms with Crippen molar-refractivity contribution in [2.45, 2.75) is 19.9 Å². The Morgan fingerprint density at radius 2 is 2.00 bits per heavy atom. The summed E-state index contributed by atoms with van der Waals surface area (Å²) >= 11 is 6.08. The zero-order valence-corrected chi connectivity index (χ0v) is 12.2. The highest BCUT2D eigenvalue weighted by Crippen LogP contribution is 2.30. The number of halogens is 2. The van der Waals surface area contributed by atoms with Crippen LogP contribution in [0.4, 0.5) is 10.1 Å². The lowest BCUT2D eigenvalue weighted by Gasteiger charge is -2.19. The predicted octanol–water partition coefficient (Wildman–Crippen LogP) is 5.05. The van der Waals surface area contributed by atoms with Crippen LogP contribution in [-0.4, -0.2) is 6.61 Å². The highest BCUT2D eigenvalue weighted by molar-refractivity contribution is 6.31. The molecule has 106 valence electrons. The molecule has 0 aliphatic heterocycles. The second-order valence-corrected chi connectivity index (χ2v) is 4.87. The maximum absolute atomic E-state index is 13.1. The van der Waals surface area contributed by atoms with Gasteiger partial charge in [0.2, 0.25) is 0 Å². The zero-order valence-electron chi connectivity index (χ0n) is 11.5. The Balaban J connectivity index is 2.21. The Morgan fingerprint density at radius 3 is 2.70 bits per heavy atom. The maximum atomic E-state index is 13.1. The zero-order chi connectivity index (χ0) is 14.5. The molecule has 0 aromatic heterocycles. The van der Waals surface area contributed by atoms with Crippen LogP contribution in [0.5, 0.6) is 5.75 Å². The minimum Gasteiger partial charge on any atom is -0.492 e. The smallest absolute Gasteiger partial charge is 0.142 e. The lowest BCUT2D eigenvalue weighted by molar-refractivity contribution is 0.341. The molecule has 2 rings (SSSR count). The van der Waals surface area contributed by atoms with Gasteiger partial charge in [0, 0.05) is 5.02 Å². The molecule has 20 heavy (non-hydrogen) atoms. The van der Waals surface area contributed by atoms with Gasteiger partial charge < -0.3 is 10.1 Å². The minimum absolute atomic E-state index is 0.0512. The second kappa shape index (κ2) is 6.62. The summed E-state index contributed by atoms with van der Waals surface area (Å²) in [5.74, 6) is 0.459. The standard InChI is InChI=1S/C16H17ClFNO/c1-3-20-16-7-5-4-6-15(16)19-11(2)13-9-8-12(18)10-14(13)17/h4-11,19H,3H2,1-2H3. The van der Waals surface area contributed by atoms with Crippen LogP contribution in [0.3, 0.4) is 0 Å². The van der Waals surface area contributed by atoms with Crippen molar-refractivity contribution in [3.63, 3.8) is 0 Å². The predicted molar refractivity (Wildman–Crippen MR) is 81.1 cm³/mol. The number of ether oxygens (including phenoxy) is 1. The van der Waals surface area contributed by atoms with E-state index >= 15 is 0 Å². The molecule has 0 heterocycles. The lowest BCUT2D eigenvalue weighted by atomic mass is 10.1. The monoisotopic (exact) mass is 293 g/mol. The molecule has 0 radical (unpaired) electrons. The van der Waals surface area contributed by atoms with Crippen molar-refractivity contribution in [1.82, 2.24) is 0 Å². The second-order valence-electron chi connectivity index (χ2n) is 4.46. The molecule has 1 unspecified atom stereocenters. The van der Waals surface area contributed by atoms with Gasteiger partial charge in [0.1, 0.15) is 11.6 Å². The van der Waals surface area contributed by atoms with Gasteiger partial charge in [-0.15, -0.1) is 0 Å². The van der Waals surface area contributed by atoms with Crippen LogP contribution in [0.2, 0.25) is 5.02 Å². The Hall–Kier alpha value is -1.74. The third kappa shape index (κ3) is 3.42. The van der Waals surface area contributed by atoms with Gasteiger partial charge in [-0.1, -0.05) is 29.8 Å². The van der Waals surface area contributed by atoms with Crippen LogP contribution in [-0.2, 0) is 0 Å².